The van der Waals surface area contributed by atoms with E-state index in [0.29, 0.717) is 6.54 Å². The van der Waals surface area contributed by atoms with Gasteiger partial charge in [-0.1, -0.05) is 13.0 Å². The van der Waals surface area contributed by atoms with Gasteiger partial charge < -0.3 is 11.1 Å². The second kappa shape index (κ2) is 5.05. The summed E-state index contributed by atoms with van der Waals surface area (Å²) < 4.78 is 0. The van der Waals surface area contributed by atoms with Crippen LogP contribution >= 0.6 is 0 Å². The molecule has 94 valence electrons. The van der Waals surface area contributed by atoms with E-state index < -0.39 is 0 Å². The number of rotatable bonds is 3. The Morgan fingerprint density at radius 2 is 2.12 bits per heavy atom. The number of nitrogens with two attached hydrogens (primary N) is 1. The van der Waals surface area contributed by atoms with Gasteiger partial charge >= 0.3 is 0 Å². The first-order valence-electron chi connectivity index (χ1n) is 6.55. The number of nitrogens with zero attached hydrogens (tertiary/aromatic N) is 1. The summed E-state index contributed by atoms with van der Waals surface area (Å²) in [6, 6.07) is 6.09. The standard InChI is InChI=1S/C14H23N3/c1-11-6-8-14(10-15,9-7-11)17-13-5-3-4-12(2)16-13/h3-5,11H,6-10,15H2,1-2H3,(H,16,17). The van der Waals surface area contributed by atoms with Gasteiger partial charge in [-0.2, -0.15) is 0 Å². The Morgan fingerprint density at radius 3 is 2.71 bits per heavy atom. The molecule has 0 radical (unpaired) electrons. The molecule has 3 nitrogen and oxygen atoms in total. The van der Waals surface area contributed by atoms with Gasteiger partial charge in [0.05, 0.1) is 5.54 Å². The molecule has 0 atom stereocenters. The molecule has 1 fully saturated rings. The van der Waals surface area contributed by atoms with Gasteiger partial charge in [0, 0.05) is 12.2 Å². The molecular formula is C14H23N3. The lowest BCUT2D eigenvalue weighted by Crippen LogP contribution is -2.48. The maximum Gasteiger partial charge on any atom is 0.126 e. The van der Waals surface area contributed by atoms with Crippen molar-refractivity contribution in [2.24, 2.45) is 11.7 Å². The number of hydrogen-bond donors (Lipinski definition) is 2. The fourth-order valence-electron chi connectivity index (χ4n) is 2.58. The van der Waals surface area contributed by atoms with E-state index >= 15 is 0 Å². The average molecular weight is 233 g/mol. The second-order valence-corrected chi connectivity index (χ2v) is 5.46. The van der Waals surface area contributed by atoms with Crippen molar-refractivity contribution >= 4 is 5.82 Å². The molecule has 0 spiro atoms. The minimum absolute atomic E-state index is 0.0628. The van der Waals surface area contributed by atoms with E-state index in [1.165, 1.54) is 12.8 Å². The van der Waals surface area contributed by atoms with Gasteiger partial charge in [0.25, 0.3) is 0 Å². The van der Waals surface area contributed by atoms with Crippen LogP contribution < -0.4 is 11.1 Å². The molecule has 17 heavy (non-hydrogen) atoms. The summed E-state index contributed by atoms with van der Waals surface area (Å²) in [5, 5.41) is 3.57. The first-order valence-corrected chi connectivity index (χ1v) is 6.55. The van der Waals surface area contributed by atoms with Crippen molar-refractivity contribution in [3.8, 4) is 0 Å². The minimum atomic E-state index is 0.0628. The molecule has 0 aliphatic heterocycles. The van der Waals surface area contributed by atoms with Gasteiger partial charge in [0.15, 0.2) is 0 Å². The Labute approximate surface area is 104 Å². The average Bonchev–Trinajstić information content (AvgIpc) is 2.33. The number of aryl methyl sites for hydroxylation is 1. The lowest BCUT2D eigenvalue weighted by molar-refractivity contribution is 0.271. The van der Waals surface area contributed by atoms with Crippen molar-refractivity contribution in [2.75, 3.05) is 11.9 Å². The second-order valence-electron chi connectivity index (χ2n) is 5.46. The predicted molar refractivity (Wildman–Crippen MR) is 72.0 cm³/mol. The quantitative estimate of drug-likeness (QED) is 0.844. The largest absolute Gasteiger partial charge is 0.363 e. The molecule has 1 saturated carbocycles. The highest BCUT2D eigenvalue weighted by Gasteiger charge is 2.32. The highest BCUT2D eigenvalue weighted by molar-refractivity contribution is 5.39. The summed E-state index contributed by atoms with van der Waals surface area (Å²) in [6.07, 6.45) is 4.83. The van der Waals surface area contributed by atoms with Crippen molar-refractivity contribution in [1.82, 2.24) is 4.98 Å². The van der Waals surface area contributed by atoms with Crippen molar-refractivity contribution in [1.29, 1.82) is 0 Å². The van der Waals surface area contributed by atoms with Crippen molar-refractivity contribution in [3.05, 3.63) is 23.9 Å². The fraction of sp³-hybridized carbons (Fsp3) is 0.643. The van der Waals surface area contributed by atoms with Gasteiger partial charge in [0.1, 0.15) is 5.82 Å². The van der Waals surface area contributed by atoms with Gasteiger partial charge in [-0.05, 0) is 50.7 Å². The van der Waals surface area contributed by atoms with E-state index in [1.54, 1.807) is 0 Å². The zero-order chi connectivity index (χ0) is 12.3. The van der Waals surface area contributed by atoms with E-state index in [2.05, 4.69) is 17.2 Å². The Morgan fingerprint density at radius 1 is 1.41 bits per heavy atom. The summed E-state index contributed by atoms with van der Waals surface area (Å²) in [6.45, 7) is 5.03. The number of hydrogen-bond acceptors (Lipinski definition) is 3. The molecule has 3 heteroatoms. The van der Waals surface area contributed by atoms with E-state index in [4.69, 9.17) is 5.73 Å². The van der Waals surface area contributed by atoms with Gasteiger partial charge in [-0.25, -0.2) is 4.98 Å². The summed E-state index contributed by atoms with van der Waals surface area (Å²) >= 11 is 0. The van der Waals surface area contributed by atoms with Crippen LogP contribution in [0, 0.1) is 12.8 Å². The zero-order valence-electron chi connectivity index (χ0n) is 10.9. The van der Waals surface area contributed by atoms with Crippen LogP contribution in [0.2, 0.25) is 0 Å². The predicted octanol–water partition coefficient (Wildman–Crippen LogP) is 2.71. The number of aromatic nitrogens is 1. The van der Waals surface area contributed by atoms with Crippen LogP contribution in [-0.4, -0.2) is 17.1 Å². The van der Waals surface area contributed by atoms with Crippen molar-refractivity contribution < 1.29 is 0 Å². The van der Waals surface area contributed by atoms with Crippen LogP contribution in [-0.2, 0) is 0 Å². The summed E-state index contributed by atoms with van der Waals surface area (Å²) in [5.41, 5.74) is 7.09. The molecule has 1 aliphatic rings. The number of anilines is 1. The van der Waals surface area contributed by atoms with Crippen molar-refractivity contribution in [2.45, 2.75) is 45.1 Å². The molecular weight excluding hydrogens is 210 g/mol. The first-order chi connectivity index (χ1) is 8.13. The third-order valence-corrected chi connectivity index (χ3v) is 3.90. The van der Waals surface area contributed by atoms with Crippen LogP contribution in [0.15, 0.2) is 18.2 Å². The normalized spacial score (nSPS) is 29.0. The maximum absolute atomic E-state index is 5.98. The molecule has 1 aromatic heterocycles. The molecule has 1 heterocycles. The molecule has 0 saturated heterocycles. The van der Waals surface area contributed by atoms with E-state index in [-0.39, 0.29) is 5.54 Å². The molecule has 0 unspecified atom stereocenters. The van der Waals surface area contributed by atoms with Gasteiger partial charge in [0.2, 0.25) is 0 Å². The Kier molecular flexibility index (Phi) is 3.67. The molecule has 0 aromatic carbocycles. The maximum atomic E-state index is 5.98. The first kappa shape index (κ1) is 12.4. The zero-order valence-corrected chi connectivity index (χ0v) is 10.9. The van der Waals surface area contributed by atoms with E-state index in [0.717, 1.165) is 30.3 Å². The smallest absolute Gasteiger partial charge is 0.126 e. The van der Waals surface area contributed by atoms with Crippen molar-refractivity contribution in [3.63, 3.8) is 0 Å². The monoisotopic (exact) mass is 233 g/mol. The molecule has 1 aliphatic carbocycles. The Balaban J connectivity index is 2.09. The summed E-state index contributed by atoms with van der Waals surface area (Å²) in [7, 11) is 0. The van der Waals surface area contributed by atoms with E-state index in [1.807, 2.05) is 25.1 Å². The van der Waals surface area contributed by atoms with Crippen LogP contribution in [0.25, 0.3) is 0 Å². The van der Waals surface area contributed by atoms with E-state index in [9.17, 15) is 0 Å². The molecule has 0 bridgehead atoms. The molecule has 3 N–H and O–H groups in total. The fourth-order valence-corrected chi connectivity index (χ4v) is 2.58. The highest BCUT2D eigenvalue weighted by atomic mass is 15.1. The van der Waals surface area contributed by atoms with Crippen LogP contribution in [0.3, 0.4) is 0 Å². The SMILES string of the molecule is Cc1cccc(NC2(CN)CCC(C)CC2)n1. The Hall–Kier alpha value is -1.09. The lowest BCUT2D eigenvalue weighted by Gasteiger charge is -2.39. The highest BCUT2D eigenvalue weighted by Crippen LogP contribution is 2.33. The van der Waals surface area contributed by atoms with Crippen LogP contribution in [0.4, 0.5) is 5.82 Å². The van der Waals surface area contributed by atoms with Crippen LogP contribution in [0.5, 0.6) is 0 Å². The number of nitrogens with one attached hydrogen (secondary N) is 1. The number of pyridine rings is 1. The topological polar surface area (TPSA) is 50.9 Å². The third-order valence-electron chi connectivity index (χ3n) is 3.90. The van der Waals surface area contributed by atoms with Gasteiger partial charge in [-0.3, -0.25) is 0 Å². The Bertz CT molecular complexity index is 367. The summed E-state index contributed by atoms with van der Waals surface area (Å²) in [5.74, 6) is 1.80. The minimum Gasteiger partial charge on any atom is -0.363 e. The molecule has 0 amide bonds. The molecule has 1 aromatic rings. The lowest BCUT2D eigenvalue weighted by atomic mass is 9.77. The van der Waals surface area contributed by atoms with Gasteiger partial charge in [-0.15, -0.1) is 0 Å². The summed E-state index contributed by atoms with van der Waals surface area (Å²) in [4.78, 5) is 4.51. The third kappa shape index (κ3) is 2.97. The van der Waals surface area contributed by atoms with Crippen LogP contribution in [0.1, 0.15) is 38.3 Å². The molecule has 2 rings (SSSR count).